The fraction of sp³-hybridized carbons (Fsp3) is 0.935. The minimum absolute atomic E-state index is 0.571. The molecule has 0 unspecified atom stereocenters. The van der Waals surface area contributed by atoms with Gasteiger partial charge in [-0.05, 0) is 29.5 Å². The molecule has 0 radical (unpaired) electrons. The fourth-order valence-corrected chi connectivity index (χ4v) is 11.5. The monoisotopic (exact) mass is 528 g/mol. The molecule has 4 nitrogen and oxygen atoms in total. The average molecular weight is 529 g/mol. The summed E-state index contributed by atoms with van der Waals surface area (Å²) in [5.74, 6) is 0. The largest absolute Gasteiger partial charge is 0.416 e. The van der Waals surface area contributed by atoms with Crippen LogP contribution in [0.4, 0.5) is 0 Å². The molecule has 0 aromatic heterocycles. The minimum atomic E-state index is -1.85. The Morgan fingerprint density at radius 1 is 0.667 bits per heavy atom. The molecule has 0 aliphatic heterocycles. The maximum atomic E-state index is 10.4. The average Bonchev–Trinajstić information content (AvgIpc) is 2.83. The van der Waals surface area contributed by atoms with Gasteiger partial charge in [-0.3, -0.25) is 5.26 Å². The summed E-state index contributed by atoms with van der Waals surface area (Å²) >= 11 is 0. The predicted octanol–water partition coefficient (Wildman–Crippen LogP) is 10.2. The predicted molar refractivity (Wildman–Crippen MR) is 159 cm³/mol. The molecule has 0 aliphatic rings. The lowest BCUT2D eigenvalue weighted by Gasteiger charge is -2.42. The molecule has 0 rings (SSSR count). The van der Waals surface area contributed by atoms with Gasteiger partial charge in [-0.2, -0.15) is 0 Å². The first-order chi connectivity index (χ1) is 17.2. The van der Waals surface area contributed by atoms with Gasteiger partial charge >= 0.3 is 0 Å². The molecule has 0 fully saturated rings. The number of hydrogen-bond acceptors (Lipinski definition) is 4. The van der Waals surface area contributed by atoms with Crippen LogP contribution in [0.1, 0.15) is 151 Å². The summed E-state index contributed by atoms with van der Waals surface area (Å²) in [6, 6.07) is 0. The van der Waals surface area contributed by atoms with E-state index in [2.05, 4.69) is 53.4 Å². The molecule has 2 N–H and O–H groups in total. The molecule has 0 aromatic carbocycles. The van der Waals surface area contributed by atoms with Gasteiger partial charge in [0, 0.05) is 6.61 Å². The van der Waals surface area contributed by atoms with Crippen molar-refractivity contribution in [2.75, 3.05) is 6.61 Å². The summed E-state index contributed by atoms with van der Waals surface area (Å²) in [6.07, 6.45) is 22.4. The molecular weight excluding hydrogens is 464 g/mol. The molecule has 36 heavy (non-hydrogen) atoms. The molecular formula is C31H64O4Si. The van der Waals surface area contributed by atoms with Crippen molar-refractivity contribution >= 4 is 8.32 Å². The second kappa shape index (κ2) is 22.8. The highest BCUT2D eigenvalue weighted by molar-refractivity contribution is 6.77. The van der Waals surface area contributed by atoms with Crippen molar-refractivity contribution in [1.29, 1.82) is 0 Å². The van der Waals surface area contributed by atoms with E-state index in [0.29, 0.717) is 29.7 Å². The molecule has 216 valence electrons. The van der Waals surface area contributed by atoms with Gasteiger partial charge in [-0.1, -0.05) is 151 Å². The van der Waals surface area contributed by atoms with Gasteiger partial charge in [-0.15, -0.1) is 0 Å². The van der Waals surface area contributed by atoms with Crippen LogP contribution in [0.2, 0.25) is 16.6 Å². The van der Waals surface area contributed by atoms with Gasteiger partial charge in [0.1, 0.15) is 6.10 Å². The van der Waals surface area contributed by atoms with Gasteiger partial charge in [0.2, 0.25) is 0 Å². The van der Waals surface area contributed by atoms with Crippen LogP contribution in [0, 0.1) is 0 Å². The first-order valence-corrected chi connectivity index (χ1v) is 17.7. The van der Waals surface area contributed by atoms with E-state index >= 15 is 0 Å². The van der Waals surface area contributed by atoms with Gasteiger partial charge < -0.3 is 9.53 Å². The molecule has 2 atom stereocenters. The van der Waals surface area contributed by atoms with Crippen molar-refractivity contribution < 1.29 is 19.7 Å². The Kier molecular flexibility index (Phi) is 22.6. The number of aliphatic hydroxyl groups is 1. The van der Waals surface area contributed by atoms with Crippen molar-refractivity contribution in [2.45, 2.75) is 180 Å². The summed E-state index contributed by atoms with van der Waals surface area (Å²) < 4.78 is 6.57. The zero-order valence-electron chi connectivity index (χ0n) is 25.3. The third kappa shape index (κ3) is 15.3. The van der Waals surface area contributed by atoms with Crippen LogP contribution in [0.15, 0.2) is 12.2 Å². The molecule has 0 heterocycles. The van der Waals surface area contributed by atoms with E-state index in [-0.39, 0.29) is 0 Å². The maximum Gasteiger partial charge on any atom is 0.200 e. The van der Waals surface area contributed by atoms with Gasteiger partial charge in [-0.25, -0.2) is 4.89 Å². The Bertz CT molecular complexity index is 485. The third-order valence-electron chi connectivity index (χ3n) is 8.02. The number of unbranched alkanes of at least 4 members (excludes halogenated alkanes) is 13. The Morgan fingerprint density at radius 2 is 1.08 bits per heavy atom. The molecule has 0 spiro atoms. The highest BCUT2D eigenvalue weighted by atomic mass is 28.4. The van der Waals surface area contributed by atoms with E-state index < -0.39 is 20.5 Å². The Labute approximate surface area is 226 Å². The first-order valence-electron chi connectivity index (χ1n) is 15.5. The lowest BCUT2D eigenvalue weighted by molar-refractivity contribution is -0.283. The molecule has 0 aliphatic carbocycles. The number of hydrogen-bond donors (Lipinski definition) is 2. The molecule has 0 aromatic rings. The van der Waals surface area contributed by atoms with Crippen LogP contribution < -0.4 is 0 Å². The Morgan fingerprint density at radius 3 is 1.47 bits per heavy atom. The lowest BCUT2D eigenvalue weighted by Crippen LogP contribution is -2.47. The summed E-state index contributed by atoms with van der Waals surface area (Å²) in [4.78, 5) is 4.57. The fourth-order valence-electron chi connectivity index (χ4n) is 5.98. The quantitative estimate of drug-likeness (QED) is 0.0407. The van der Waals surface area contributed by atoms with Gasteiger partial charge in [0.25, 0.3) is 0 Å². The second-order valence-corrected chi connectivity index (χ2v) is 17.4. The molecule has 5 heteroatoms. The van der Waals surface area contributed by atoms with E-state index in [1.807, 2.05) is 6.08 Å². The van der Waals surface area contributed by atoms with Crippen LogP contribution in [-0.2, 0) is 9.31 Å². The molecule has 0 amide bonds. The Hall–Kier alpha value is -0.203. The van der Waals surface area contributed by atoms with Crippen molar-refractivity contribution in [3.63, 3.8) is 0 Å². The van der Waals surface area contributed by atoms with Crippen LogP contribution in [0.3, 0.4) is 0 Å². The van der Waals surface area contributed by atoms with Crippen molar-refractivity contribution in [3.8, 4) is 0 Å². The van der Waals surface area contributed by atoms with Crippen LogP contribution in [-0.4, -0.2) is 37.5 Å². The standard InChI is InChI=1S/C31H64O4Si/c1-8-9-10-11-12-13-14-15-16-17-18-19-20-21-24-30(32)31(35-33)25-22-23-26-34-36(27(2)3,28(4)5)29(6)7/h22,25,27-33H,8-21,23-24,26H2,1-7H3/b25-22+/t30-,31-/m0/s1. The smallest absolute Gasteiger partial charge is 0.200 e. The van der Waals surface area contributed by atoms with Crippen molar-refractivity contribution in [1.82, 2.24) is 0 Å². The molecule has 0 saturated carbocycles. The van der Waals surface area contributed by atoms with Crippen LogP contribution >= 0.6 is 0 Å². The number of aliphatic hydroxyl groups excluding tert-OH is 1. The summed E-state index contributed by atoms with van der Waals surface area (Å²) in [7, 11) is -1.85. The maximum absolute atomic E-state index is 10.4. The number of rotatable bonds is 25. The highest BCUT2D eigenvalue weighted by Gasteiger charge is 2.44. The van der Waals surface area contributed by atoms with E-state index in [9.17, 15) is 10.4 Å². The lowest BCUT2D eigenvalue weighted by atomic mass is 10.0. The summed E-state index contributed by atoms with van der Waals surface area (Å²) in [5.41, 5.74) is 1.71. The van der Waals surface area contributed by atoms with Gasteiger partial charge in [0.05, 0.1) is 6.10 Å². The highest BCUT2D eigenvalue weighted by Crippen LogP contribution is 2.42. The molecule has 0 bridgehead atoms. The topological polar surface area (TPSA) is 58.9 Å². The SMILES string of the molecule is CCCCCCCCCCCCCCCC[C@H](O)[C@H](/C=C/CCO[Si](C(C)C)(C(C)C)C(C)C)OO. The van der Waals surface area contributed by atoms with Crippen molar-refractivity contribution in [2.24, 2.45) is 0 Å². The second-order valence-electron chi connectivity index (χ2n) is 11.9. The van der Waals surface area contributed by atoms with Gasteiger partial charge in [0.15, 0.2) is 8.32 Å². The summed E-state index contributed by atoms with van der Waals surface area (Å²) in [6.45, 7) is 16.7. The third-order valence-corrected chi connectivity index (χ3v) is 14.1. The van der Waals surface area contributed by atoms with E-state index in [4.69, 9.17) is 4.43 Å². The Balaban J connectivity index is 3.97. The van der Waals surface area contributed by atoms with E-state index in [1.165, 1.54) is 77.0 Å². The molecule has 0 saturated heterocycles. The van der Waals surface area contributed by atoms with Crippen LogP contribution in [0.25, 0.3) is 0 Å². The van der Waals surface area contributed by atoms with E-state index in [0.717, 1.165) is 19.3 Å². The zero-order chi connectivity index (χ0) is 27.2. The van der Waals surface area contributed by atoms with Crippen LogP contribution in [0.5, 0.6) is 0 Å². The normalized spacial score (nSPS) is 14.6. The first kappa shape index (κ1) is 35.8. The minimum Gasteiger partial charge on any atom is -0.416 e. The zero-order valence-corrected chi connectivity index (χ0v) is 26.3. The van der Waals surface area contributed by atoms with E-state index in [1.54, 1.807) is 6.08 Å². The summed E-state index contributed by atoms with van der Waals surface area (Å²) in [5, 5.41) is 19.7. The van der Waals surface area contributed by atoms with Crippen molar-refractivity contribution in [3.05, 3.63) is 12.2 Å².